The molecule has 0 N–H and O–H groups in total. The molecule has 1 atom stereocenters. The van der Waals surface area contributed by atoms with Gasteiger partial charge in [0.15, 0.2) is 6.10 Å². The first-order valence-corrected chi connectivity index (χ1v) is 38.5. The average molecular weight is 1170 g/mol. The standard InChI is InChI=1S/C77H150O6/c1-4-7-10-13-16-19-22-25-28-31-33-35-37-38-39-41-42-44-46-49-52-55-58-61-64-67-70-76(79)82-73-74(72-81-75(78)69-66-63-60-57-54-51-48-30-27-24-21-18-15-12-9-6-3)83-77(80)71-68-65-62-59-56-53-50-47-45-43-40-36-34-32-29-26-23-20-17-14-11-8-5-2/h74H,4-73H2,1-3H3. The molecule has 0 aromatic carbocycles. The maximum Gasteiger partial charge on any atom is 0.306 e. The predicted octanol–water partition coefficient (Wildman–Crippen LogP) is 26.6. The minimum atomic E-state index is -0.764. The molecule has 6 nitrogen and oxygen atoms in total. The molecule has 0 aromatic heterocycles. The van der Waals surface area contributed by atoms with Gasteiger partial charge in [-0.3, -0.25) is 14.4 Å². The number of esters is 3. The van der Waals surface area contributed by atoms with Crippen molar-refractivity contribution in [3.05, 3.63) is 0 Å². The third kappa shape index (κ3) is 71.1. The number of hydrogen-bond acceptors (Lipinski definition) is 6. The Labute approximate surface area is 520 Å². The molecule has 83 heavy (non-hydrogen) atoms. The highest BCUT2D eigenvalue weighted by atomic mass is 16.6. The maximum absolute atomic E-state index is 13.0. The summed E-state index contributed by atoms with van der Waals surface area (Å²) < 4.78 is 17.1. The number of carbonyl (C=O) groups is 3. The molecule has 0 saturated heterocycles. The molecule has 0 spiro atoms. The Kier molecular flexibility index (Phi) is 71.5. The number of rotatable bonds is 73. The molecule has 0 bridgehead atoms. The van der Waals surface area contributed by atoms with Crippen LogP contribution in [-0.2, 0) is 28.6 Å². The summed E-state index contributed by atoms with van der Waals surface area (Å²) in [6, 6.07) is 0. The van der Waals surface area contributed by atoms with Crippen LogP contribution in [0.1, 0.15) is 457 Å². The van der Waals surface area contributed by atoms with Gasteiger partial charge in [-0.05, 0) is 19.3 Å². The van der Waals surface area contributed by atoms with Crippen molar-refractivity contribution in [1.29, 1.82) is 0 Å². The molecule has 0 rings (SSSR count). The molecule has 0 aliphatic rings. The summed E-state index contributed by atoms with van der Waals surface area (Å²) in [7, 11) is 0. The van der Waals surface area contributed by atoms with Crippen molar-refractivity contribution in [3.63, 3.8) is 0 Å². The van der Waals surface area contributed by atoms with Gasteiger partial charge in [0, 0.05) is 19.3 Å². The molecule has 0 aromatic rings. The van der Waals surface area contributed by atoms with Crippen LogP contribution in [0.25, 0.3) is 0 Å². The molecule has 0 amide bonds. The van der Waals surface area contributed by atoms with E-state index < -0.39 is 6.10 Å². The van der Waals surface area contributed by atoms with Gasteiger partial charge in [-0.25, -0.2) is 0 Å². The number of ether oxygens (including phenoxy) is 3. The molecule has 1 unspecified atom stereocenters. The minimum Gasteiger partial charge on any atom is -0.462 e. The third-order valence-electron chi connectivity index (χ3n) is 18.1. The van der Waals surface area contributed by atoms with Crippen LogP contribution < -0.4 is 0 Å². The van der Waals surface area contributed by atoms with Gasteiger partial charge in [0.05, 0.1) is 0 Å². The molecule has 0 saturated carbocycles. The normalized spacial score (nSPS) is 11.9. The Balaban J connectivity index is 4.21. The van der Waals surface area contributed by atoms with Crippen LogP contribution >= 0.6 is 0 Å². The summed E-state index contributed by atoms with van der Waals surface area (Å²) in [4.78, 5) is 38.6. The molecular formula is C77H150O6. The second-order valence-corrected chi connectivity index (χ2v) is 26.6. The lowest BCUT2D eigenvalue weighted by Crippen LogP contribution is -2.30. The van der Waals surface area contributed by atoms with Gasteiger partial charge in [0.2, 0.25) is 0 Å². The molecule has 0 aliphatic heterocycles. The second kappa shape index (κ2) is 72.9. The van der Waals surface area contributed by atoms with Crippen molar-refractivity contribution < 1.29 is 28.6 Å². The lowest BCUT2D eigenvalue weighted by atomic mass is 10.0. The Morgan fingerprint density at radius 2 is 0.325 bits per heavy atom. The van der Waals surface area contributed by atoms with Crippen LogP contribution in [0.15, 0.2) is 0 Å². The van der Waals surface area contributed by atoms with Crippen molar-refractivity contribution in [2.75, 3.05) is 13.2 Å². The Morgan fingerprint density at radius 1 is 0.193 bits per heavy atom. The van der Waals surface area contributed by atoms with E-state index in [1.54, 1.807) is 0 Å². The predicted molar refractivity (Wildman–Crippen MR) is 363 cm³/mol. The first-order valence-electron chi connectivity index (χ1n) is 38.5. The zero-order valence-electron chi connectivity index (χ0n) is 57.0. The summed E-state index contributed by atoms with van der Waals surface area (Å²) in [6.45, 7) is 6.76. The summed E-state index contributed by atoms with van der Waals surface area (Å²) >= 11 is 0. The monoisotopic (exact) mass is 1170 g/mol. The molecule has 0 aliphatic carbocycles. The van der Waals surface area contributed by atoms with Crippen molar-refractivity contribution >= 4 is 17.9 Å². The first-order chi connectivity index (χ1) is 41.0. The van der Waals surface area contributed by atoms with Gasteiger partial charge < -0.3 is 14.2 Å². The fourth-order valence-electron chi connectivity index (χ4n) is 12.3. The van der Waals surface area contributed by atoms with E-state index in [2.05, 4.69) is 20.8 Å². The first kappa shape index (κ1) is 81.4. The smallest absolute Gasteiger partial charge is 0.306 e. The van der Waals surface area contributed by atoms with E-state index in [9.17, 15) is 14.4 Å². The van der Waals surface area contributed by atoms with Crippen molar-refractivity contribution in [2.45, 2.75) is 463 Å². The van der Waals surface area contributed by atoms with E-state index in [-0.39, 0.29) is 31.1 Å². The Bertz CT molecular complexity index is 1250. The highest BCUT2D eigenvalue weighted by Crippen LogP contribution is 2.20. The average Bonchev–Trinajstić information content (AvgIpc) is 3.49. The van der Waals surface area contributed by atoms with E-state index in [4.69, 9.17) is 14.2 Å². The molecule has 0 radical (unpaired) electrons. The van der Waals surface area contributed by atoms with Crippen LogP contribution in [0.4, 0.5) is 0 Å². The van der Waals surface area contributed by atoms with Crippen LogP contribution in [0.3, 0.4) is 0 Å². The van der Waals surface area contributed by atoms with E-state index in [0.29, 0.717) is 19.3 Å². The van der Waals surface area contributed by atoms with Crippen LogP contribution in [0, 0.1) is 0 Å². The van der Waals surface area contributed by atoms with Crippen LogP contribution in [-0.4, -0.2) is 37.2 Å². The number of unbranched alkanes of at least 4 members (excludes halogenated alkanes) is 62. The highest BCUT2D eigenvalue weighted by Gasteiger charge is 2.20. The summed E-state index contributed by atoms with van der Waals surface area (Å²) in [5, 5.41) is 0. The van der Waals surface area contributed by atoms with Crippen LogP contribution in [0.2, 0.25) is 0 Å². The zero-order chi connectivity index (χ0) is 59.9. The molecule has 494 valence electrons. The van der Waals surface area contributed by atoms with E-state index >= 15 is 0 Å². The van der Waals surface area contributed by atoms with Gasteiger partial charge >= 0.3 is 17.9 Å². The number of hydrogen-bond donors (Lipinski definition) is 0. The molecule has 0 heterocycles. The van der Waals surface area contributed by atoms with Gasteiger partial charge in [0.1, 0.15) is 13.2 Å². The topological polar surface area (TPSA) is 78.9 Å². The van der Waals surface area contributed by atoms with Gasteiger partial charge in [-0.1, -0.05) is 419 Å². The maximum atomic E-state index is 13.0. The van der Waals surface area contributed by atoms with E-state index in [1.165, 1.54) is 360 Å². The van der Waals surface area contributed by atoms with Gasteiger partial charge in [0.25, 0.3) is 0 Å². The fraction of sp³-hybridized carbons (Fsp3) is 0.961. The largest absolute Gasteiger partial charge is 0.462 e. The van der Waals surface area contributed by atoms with Gasteiger partial charge in [-0.2, -0.15) is 0 Å². The second-order valence-electron chi connectivity index (χ2n) is 26.6. The van der Waals surface area contributed by atoms with Crippen molar-refractivity contribution in [1.82, 2.24) is 0 Å². The molecular weight excluding hydrogens is 1020 g/mol. The van der Waals surface area contributed by atoms with Crippen molar-refractivity contribution in [3.8, 4) is 0 Å². The SMILES string of the molecule is CCCCCCCCCCCCCCCCCCCCCCCCCCCCC(=O)OCC(COC(=O)CCCCCCCCCCCCCCCCCC)OC(=O)CCCCCCCCCCCCCCCCCCCCCCCCC. The lowest BCUT2D eigenvalue weighted by molar-refractivity contribution is -0.167. The quantitative estimate of drug-likeness (QED) is 0.0343. The van der Waals surface area contributed by atoms with Gasteiger partial charge in [-0.15, -0.1) is 0 Å². The van der Waals surface area contributed by atoms with E-state index in [0.717, 1.165) is 57.8 Å². The fourth-order valence-corrected chi connectivity index (χ4v) is 12.3. The summed E-state index contributed by atoms with van der Waals surface area (Å²) in [6.07, 6.45) is 87.3. The summed E-state index contributed by atoms with van der Waals surface area (Å²) in [5.74, 6) is -0.813. The van der Waals surface area contributed by atoms with E-state index in [1.807, 2.05) is 0 Å². The number of carbonyl (C=O) groups excluding carboxylic acids is 3. The van der Waals surface area contributed by atoms with Crippen molar-refractivity contribution in [2.24, 2.45) is 0 Å². The molecule has 0 fully saturated rings. The Hall–Kier alpha value is -1.59. The minimum absolute atomic E-state index is 0.0597. The zero-order valence-corrected chi connectivity index (χ0v) is 57.0. The molecule has 6 heteroatoms. The Morgan fingerprint density at radius 3 is 0.482 bits per heavy atom. The third-order valence-corrected chi connectivity index (χ3v) is 18.1. The van der Waals surface area contributed by atoms with Crippen LogP contribution in [0.5, 0.6) is 0 Å². The highest BCUT2D eigenvalue weighted by molar-refractivity contribution is 5.71. The lowest BCUT2D eigenvalue weighted by Gasteiger charge is -2.18. The summed E-state index contributed by atoms with van der Waals surface area (Å²) in [5.41, 5.74) is 0.